The van der Waals surface area contributed by atoms with E-state index in [4.69, 9.17) is 4.74 Å². The Balaban J connectivity index is 2.06. The number of carbonyl (C=O) groups is 1. The molecule has 0 spiro atoms. The standard InChI is InChI=1S/C16H23NO4S/c1-12(16(18)17-14-8-4-5-9-14)22(19,20)11-13-7-3-6-10-15(13)21-2/h3,6-7,10,12,14H,4-5,8-9,11H2,1-2H3,(H,17,18). The second-order valence-corrected chi connectivity index (χ2v) is 8.07. The summed E-state index contributed by atoms with van der Waals surface area (Å²) >= 11 is 0. The molecule has 1 atom stereocenters. The van der Waals surface area contributed by atoms with Crippen molar-refractivity contribution in [2.45, 2.75) is 49.7 Å². The number of hydrogen-bond acceptors (Lipinski definition) is 4. The highest BCUT2D eigenvalue weighted by atomic mass is 32.2. The minimum atomic E-state index is -3.58. The van der Waals surface area contributed by atoms with Gasteiger partial charge in [-0.1, -0.05) is 31.0 Å². The van der Waals surface area contributed by atoms with Gasteiger partial charge in [0.15, 0.2) is 9.84 Å². The first-order valence-electron chi connectivity index (χ1n) is 7.58. The number of sulfone groups is 1. The highest BCUT2D eigenvalue weighted by Crippen LogP contribution is 2.22. The van der Waals surface area contributed by atoms with E-state index in [1.54, 1.807) is 24.3 Å². The van der Waals surface area contributed by atoms with Gasteiger partial charge in [-0.3, -0.25) is 4.79 Å². The van der Waals surface area contributed by atoms with Gasteiger partial charge in [-0.2, -0.15) is 0 Å². The fourth-order valence-electron chi connectivity index (χ4n) is 2.72. The number of ether oxygens (including phenoxy) is 1. The lowest BCUT2D eigenvalue weighted by atomic mass is 10.2. The van der Waals surface area contributed by atoms with Crippen molar-refractivity contribution < 1.29 is 17.9 Å². The zero-order chi connectivity index (χ0) is 16.2. The molecule has 1 aliphatic carbocycles. The molecule has 1 aromatic rings. The van der Waals surface area contributed by atoms with Crippen LogP contribution in [-0.2, 0) is 20.4 Å². The number of benzene rings is 1. The summed E-state index contributed by atoms with van der Waals surface area (Å²) in [6.07, 6.45) is 4.05. The third kappa shape index (κ3) is 4.00. The summed E-state index contributed by atoms with van der Waals surface area (Å²) in [6.45, 7) is 1.45. The molecule has 1 amide bonds. The highest BCUT2D eigenvalue weighted by Gasteiger charge is 2.30. The van der Waals surface area contributed by atoms with E-state index < -0.39 is 21.0 Å². The van der Waals surface area contributed by atoms with E-state index in [9.17, 15) is 13.2 Å². The molecule has 0 aromatic heterocycles. The van der Waals surface area contributed by atoms with Crippen molar-refractivity contribution in [3.8, 4) is 5.75 Å². The minimum Gasteiger partial charge on any atom is -0.496 e. The van der Waals surface area contributed by atoms with Crippen LogP contribution < -0.4 is 10.1 Å². The SMILES string of the molecule is COc1ccccc1CS(=O)(=O)C(C)C(=O)NC1CCCC1. The van der Waals surface area contributed by atoms with E-state index in [0.717, 1.165) is 25.7 Å². The monoisotopic (exact) mass is 325 g/mol. The molecule has 0 aliphatic heterocycles. The lowest BCUT2D eigenvalue weighted by Crippen LogP contribution is -2.42. The summed E-state index contributed by atoms with van der Waals surface area (Å²) in [6, 6.07) is 7.09. The van der Waals surface area contributed by atoms with Crippen LogP contribution in [0.2, 0.25) is 0 Å². The first-order chi connectivity index (χ1) is 10.4. The predicted octanol–water partition coefficient (Wildman–Crippen LogP) is 2.06. The molecular weight excluding hydrogens is 302 g/mol. The average molecular weight is 325 g/mol. The van der Waals surface area contributed by atoms with Crippen LogP contribution in [0, 0.1) is 0 Å². The zero-order valence-corrected chi connectivity index (χ0v) is 13.9. The Labute approximate surface area is 132 Å². The van der Waals surface area contributed by atoms with Crippen LogP contribution in [0.3, 0.4) is 0 Å². The summed E-state index contributed by atoms with van der Waals surface area (Å²) in [5.74, 6) is -0.0766. The third-order valence-electron chi connectivity index (χ3n) is 4.16. The van der Waals surface area contributed by atoms with Crippen LogP contribution in [-0.4, -0.2) is 32.7 Å². The molecule has 0 saturated heterocycles. The highest BCUT2D eigenvalue weighted by molar-refractivity contribution is 7.92. The second-order valence-electron chi connectivity index (χ2n) is 5.75. The topological polar surface area (TPSA) is 72.5 Å². The quantitative estimate of drug-likeness (QED) is 0.869. The fourth-order valence-corrected chi connectivity index (χ4v) is 4.03. The molecular formula is C16H23NO4S. The zero-order valence-electron chi connectivity index (χ0n) is 13.0. The van der Waals surface area contributed by atoms with Crippen LogP contribution in [0.25, 0.3) is 0 Å². The van der Waals surface area contributed by atoms with E-state index in [1.807, 2.05) is 0 Å². The molecule has 1 unspecified atom stereocenters. The first-order valence-corrected chi connectivity index (χ1v) is 9.29. The smallest absolute Gasteiger partial charge is 0.238 e. The molecule has 0 heterocycles. The van der Waals surface area contributed by atoms with Gasteiger partial charge in [0, 0.05) is 11.6 Å². The van der Waals surface area contributed by atoms with Crippen molar-refractivity contribution in [3.05, 3.63) is 29.8 Å². The van der Waals surface area contributed by atoms with Crippen LogP contribution in [0.4, 0.5) is 0 Å². The summed E-state index contributed by atoms with van der Waals surface area (Å²) < 4.78 is 30.1. The van der Waals surface area contributed by atoms with Crippen molar-refractivity contribution in [2.24, 2.45) is 0 Å². The maximum Gasteiger partial charge on any atom is 0.238 e. The van der Waals surface area contributed by atoms with Crippen LogP contribution in [0.1, 0.15) is 38.2 Å². The van der Waals surface area contributed by atoms with Gasteiger partial charge in [0.25, 0.3) is 0 Å². The lowest BCUT2D eigenvalue weighted by Gasteiger charge is -2.17. The Morgan fingerprint density at radius 2 is 1.95 bits per heavy atom. The second kappa shape index (κ2) is 7.13. The molecule has 1 aliphatic rings. The van der Waals surface area contributed by atoms with Gasteiger partial charge in [0.05, 0.1) is 12.9 Å². The van der Waals surface area contributed by atoms with Crippen LogP contribution in [0.15, 0.2) is 24.3 Å². The van der Waals surface area contributed by atoms with Gasteiger partial charge < -0.3 is 10.1 Å². The van der Waals surface area contributed by atoms with Crippen molar-refractivity contribution in [3.63, 3.8) is 0 Å². The summed E-state index contributed by atoms with van der Waals surface area (Å²) in [7, 11) is -2.08. The van der Waals surface area contributed by atoms with Gasteiger partial charge in [0.1, 0.15) is 11.0 Å². The number of amides is 1. The molecule has 1 saturated carbocycles. The van der Waals surface area contributed by atoms with Crippen molar-refractivity contribution in [2.75, 3.05) is 7.11 Å². The molecule has 22 heavy (non-hydrogen) atoms. The molecule has 1 N–H and O–H groups in total. The van der Waals surface area contributed by atoms with Gasteiger partial charge in [-0.15, -0.1) is 0 Å². The van der Waals surface area contributed by atoms with E-state index in [1.165, 1.54) is 14.0 Å². The normalized spacial score (nSPS) is 17.2. The first kappa shape index (κ1) is 16.8. The summed E-state index contributed by atoms with van der Waals surface area (Å²) in [5.41, 5.74) is 0.575. The molecule has 1 fully saturated rings. The van der Waals surface area contributed by atoms with E-state index in [2.05, 4.69) is 5.32 Å². The minimum absolute atomic E-state index is 0.122. The third-order valence-corrected chi connectivity index (χ3v) is 6.16. The Hall–Kier alpha value is -1.56. The number of carbonyl (C=O) groups excluding carboxylic acids is 1. The van der Waals surface area contributed by atoms with Gasteiger partial charge in [0.2, 0.25) is 5.91 Å². The molecule has 1 aromatic carbocycles. The van der Waals surface area contributed by atoms with Crippen molar-refractivity contribution >= 4 is 15.7 Å². The predicted molar refractivity (Wildman–Crippen MR) is 85.5 cm³/mol. The largest absolute Gasteiger partial charge is 0.496 e. The van der Waals surface area contributed by atoms with E-state index in [-0.39, 0.29) is 11.8 Å². The van der Waals surface area contributed by atoms with Gasteiger partial charge >= 0.3 is 0 Å². The van der Waals surface area contributed by atoms with Gasteiger partial charge in [-0.05, 0) is 25.8 Å². The Morgan fingerprint density at radius 1 is 1.32 bits per heavy atom. The lowest BCUT2D eigenvalue weighted by molar-refractivity contribution is -0.121. The molecule has 2 rings (SSSR count). The Morgan fingerprint density at radius 3 is 2.59 bits per heavy atom. The summed E-state index contributed by atoms with van der Waals surface area (Å²) in [4.78, 5) is 12.2. The number of nitrogens with one attached hydrogen (secondary N) is 1. The maximum atomic E-state index is 12.5. The number of para-hydroxylation sites is 1. The number of hydrogen-bond donors (Lipinski definition) is 1. The van der Waals surface area contributed by atoms with Crippen LogP contribution >= 0.6 is 0 Å². The number of rotatable bonds is 6. The Kier molecular flexibility index (Phi) is 5.45. The average Bonchev–Trinajstić information content (AvgIpc) is 2.99. The summed E-state index contributed by atoms with van der Waals surface area (Å²) in [5, 5.41) is 1.79. The Bertz CT molecular complexity index is 621. The maximum absolute atomic E-state index is 12.5. The fraction of sp³-hybridized carbons (Fsp3) is 0.562. The van der Waals surface area contributed by atoms with Crippen LogP contribution in [0.5, 0.6) is 5.75 Å². The molecule has 122 valence electrons. The van der Waals surface area contributed by atoms with E-state index >= 15 is 0 Å². The van der Waals surface area contributed by atoms with Crippen molar-refractivity contribution in [1.82, 2.24) is 5.32 Å². The molecule has 0 bridgehead atoms. The molecule has 0 radical (unpaired) electrons. The van der Waals surface area contributed by atoms with Gasteiger partial charge in [-0.25, -0.2) is 8.42 Å². The molecule has 5 nitrogen and oxygen atoms in total. The number of methoxy groups -OCH3 is 1. The van der Waals surface area contributed by atoms with Crippen molar-refractivity contribution in [1.29, 1.82) is 0 Å². The van der Waals surface area contributed by atoms with E-state index in [0.29, 0.717) is 11.3 Å². The molecule has 6 heteroatoms.